The molecule has 0 unspecified atom stereocenters. The second-order valence-electron chi connectivity index (χ2n) is 3.95. The van der Waals surface area contributed by atoms with Gasteiger partial charge in [-0.2, -0.15) is 4.98 Å². The van der Waals surface area contributed by atoms with Gasteiger partial charge in [-0.3, -0.25) is 0 Å². The Kier molecular flexibility index (Phi) is 3.93. The van der Waals surface area contributed by atoms with E-state index >= 15 is 0 Å². The highest BCUT2D eigenvalue weighted by Gasteiger charge is 2.07. The van der Waals surface area contributed by atoms with Crippen molar-refractivity contribution in [3.8, 4) is 11.8 Å². The summed E-state index contributed by atoms with van der Waals surface area (Å²) < 4.78 is 6.58. The number of aromatic nitrogens is 2. The smallest absolute Gasteiger partial charge is 0.322 e. The average molecular weight is 309 g/mol. The van der Waals surface area contributed by atoms with Gasteiger partial charge in [-0.15, -0.1) is 0 Å². The number of benzene rings is 1. The number of ether oxygens (including phenoxy) is 1. The molecule has 2 aromatic rings. The Balaban J connectivity index is 2.33. The van der Waals surface area contributed by atoms with Gasteiger partial charge in [-0.25, -0.2) is 4.98 Å². The molecule has 0 aliphatic rings. The van der Waals surface area contributed by atoms with Crippen molar-refractivity contribution in [3.05, 3.63) is 45.7 Å². The van der Waals surface area contributed by atoms with Crippen molar-refractivity contribution >= 4 is 15.9 Å². The molecule has 1 aromatic heterocycles. The maximum absolute atomic E-state index is 9.10. The van der Waals surface area contributed by atoms with E-state index in [-0.39, 0.29) is 12.6 Å². The molecule has 0 aliphatic carbocycles. The molecule has 0 radical (unpaired) electrons. The standard InChI is InChI=1S/C13H13BrN2O2/c1-8-3-4-10(14)6-12(8)18-13-15-9(2)5-11(7-17)16-13/h3-6,17H,7H2,1-2H3. The predicted octanol–water partition coefficient (Wildman–Crippen LogP) is 3.14. The van der Waals surface area contributed by atoms with Crippen LogP contribution in [0.5, 0.6) is 11.8 Å². The first kappa shape index (κ1) is 13.0. The quantitative estimate of drug-likeness (QED) is 0.946. The van der Waals surface area contributed by atoms with Gasteiger partial charge in [0.05, 0.1) is 12.3 Å². The third-order valence-corrected chi connectivity index (χ3v) is 2.89. The van der Waals surface area contributed by atoms with Gasteiger partial charge in [-0.05, 0) is 37.6 Å². The Morgan fingerprint density at radius 3 is 2.72 bits per heavy atom. The molecule has 0 spiro atoms. The van der Waals surface area contributed by atoms with Gasteiger partial charge in [0.2, 0.25) is 0 Å². The Hall–Kier alpha value is -1.46. The third kappa shape index (κ3) is 3.05. The molecular weight excluding hydrogens is 296 g/mol. The summed E-state index contributed by atoms with van der Waals surface area (Å²) in [4.78, 5) is 8.31. The predicted molar refractivity (Wildman–Crippen MR) is 71.6 cm³/mol. The first-order valence-electron chi connectivity index (χ1n) is 5.48. The number of aliphatic hydroxyl groups excluding tert-OH is 1. The Morgan fingerprint density at radius 1 is 1.22 bits per heavy atom. The minimum absolute atomic E-state index is 0.128. The van der Waals surface area contributed by atoms with E-state index in [1.807, 2.05) is 32.0 Å². The first-order valence-corrected chi connectivity index (χ1v) is 6.27. The van der Waals surface area contributed by atoms with E-state index in [1.165, 1.54) is 0 Å². The average Bonchev–Trinajstić information content (AvgIpc) is 2.33. The van der Waals surface area contributed by atoms with E-state index in [1.54, 1.807) is 6.07 Å². The van der Waals surface area contributed by atoms with Crippen molar-refractivity contribution in [2.45, 2.75) is 20.5 Å². The lowest BCUT2D eigenvalue weighted by Crippen LogP contribution is -1.99. The fourth-order valence-corrected chi connectivity index (χ4v) is 1.85. The van der Waals surface area contributed by atoms with Gasteiger partial charge in [0.25, 0.3) is 0 Å². The monoisotopic (exact) mass is 308 g/mol. The van der Waals surface area contributed by atoms with Gasteiger partial charge < -0.3 is 9.84 Å². The number of aliphatic hydroxyl groups is 1. The minimum atomic E-state index is -0.128. The molecule has 0 saturated heterocycles. The molecule has 0 atom stereocenters. The molecule has 2 rings (SSSR count). The molecule has 0 fully saturated rings. The van der Waals surface area contributed by atoms with E-state index in [2.05, 4.69) is 25.9 Å². The molecule has 4 nitrogen and oxygen atoms in total. The summed E-state index contributed by atoms with van der Waals surface area (Å²) in [7, 11) is 0. The number of aryl methyl sites for hydroxylation is 2. The molecule has 1 heterocycles. The van der Waals surface area contributed by atoms with Gasteiger partial charge in [-0.1, -0.05) is 22.0 Å². The largest absolute Gasteiger partial charge is 0.424 e. The molecule has 1 aromatic carbocycles. The Bertz CT molecular complexity index is 573. The summed E-state index contributed by atoms with van der Waals surface area (Å²) in [5.41, 5.74) is 2.30. The molecule has 0 aliphatic heterocycles. The van der Waals surface area contributed by atoms with Crippen LogP contribution in [0.1, 0.15) is 17.0 Å². The van der Waals surface area contributed by atoms with E-state index in [0.717, 1.165) is 15.7 Å². The molecule has 5 heteroatoms. The Morgan fingerprint density at radius 2 is 2.00 bits per heavy atom. The van der Waals surface area contributed by atoms with Crippen LogP contribution in [0.15, 0.2) is 28.7 Å². The fraction of sp³-hybridized carbons (Fsp3) is 0.231. The van der Waals surface area contributed by atoms with Gasteiger partial charge in [0.15, 0.2) is 0 Å². The van der Waals surface area contributed by atoms with Crippen LogP contribution >= 0.6 is 15.9 Å². The lowest BCUT2D eigenvalue weighted by molar-refractivity contribution is 0.274. The van der Waals surface area contributed by atoms with Crippen LogP contribution in [-0.4, -0.2) is 15.1 Å². The van der Waals surface area contributed by atoms with Crippen LogP contribution in [0, 0.1) is 13.8 Å². The van der Waals surface area contributed by atoms with E-state index in [0.29, 0.717) is 11.4 Å². The van der Waals surface area contributed by atoms with Crippen molar-refractivity contribution < 1.29 is 9.84 Å². The molecule has 1 N–H and O–H groups in total. The second kappa shape index (κ2) is 5.46. The zero-order chi connectivity index (χ0) is 13.1. The third-order valence-electron chi connectivity index (χ3n) is 2.40. The number of halogens is 1. The summed E-state index contributed by atoms with van der Waals surface area (Å²) in [6.07, 6.45) is 0. The van der Waals surface area contributed by atoms with Crippen molar-refractivity contribution in [2.75, 3.05) is 0 Å². The SMILES string of the molecule is Cc1cc(CO)nc(Oc2cc(Br)ccc2C)n1. The molecule has 18 heavy (non-hydrogen) atoms. The highest BCUT2D eigenvalue weighted by molar-refractivity contribution is 9.10. The van der Waals surface area contributed by atoms with Gasteiger partial charge >= 0.3 is 6.01 Å². The Labute approximate surface area is 114 Å². The van der Waals surface area contributed by atoms with Crippen LogP contribution in [0.4, 0.5) is 0 Å². The maximum Gasteiger partial charge on any atom is 0.322 e. The van der Waals surface area contributed by atoms with Crippen LogP contribution < -0.4 is 4.74 Å². The van der Waals surface area contributed by atoms with Crippen LogP contribution in [-0.2, 0) is 6.61 Å². The maximum atomic E-state index is 9.10. The van der Waals surface area contributed by atoms with E-state index < -0.39 is 0 Å². The zero-order valence-electron chi connectivity index (χ0n) is 10.1. The normalized spacial score (nSPS) is 10.4. The summed E-state index contributed by atoms with van der Waals surface area (Å²) in [6, 6.07) is 7.72. The number of hydrogen-bond donors (Lipinski definition) is 1. The van der Waals surface area contributed by atoms with E-state index in [4.69, 9.17) is 9.84 Å². The van der Waals surface area contributed by atoms with Crippen molar-refractivity contribution in [3.63, 3.8) is 0 Å². The van der Waals surface area contributed by atoms with Crippen molar-refractivity contribution in [1.29, 1.82) is 0 Å². The second-order valence-corrected chi connectivity index (χ2v) is 4.87. The minimum Gasteiger partial charge on any atom is -0.424 e. The van der Waals surface area contributed by atoms with Crippen molar-refractivity contribution in [1.82, 2.24) is 9.97 Å². The lowest BCUT2D eigenvalue weighted by Gasteiger charge is -2.08. The summed E-state index contributed by atoms with van der Waals surface area (Å²) in [5, 5.41) is 9.10. The highest BCUT2D eigenvalue weighted by Crippen LogP contribution is 2.26. The molecule has 0 bridgehead atoms. The molecule has 94 valence electrons. The fourth-order valence-electron chi connectivity index (χ4n) is 1.51. The summed E-state index contributed by atoms with van der Waals surface area (Å²) in [6.45, 7) is 3.66. The van der Waals surface area contributed by atoms with E-state index in [9.17, 15) is 0 Å². The highest BCUT2D eigenvalue weighted by atomic mass is 79.9. The lowest BCUT2D eigenvalue weighted by atomic mass is 10.2. The molecule has 0 amide bonds. The summed E-state index contributed by atoms with van der Waals surface area (Å²) in [5.74, 6) is 0.693. The number of rotatable bonds is 3. The molecular formula is C13H13BrN2O2. The zero-order valence-corrected chi connectivity index (χ0v) is 11.7. The van der Waals surface area contributed by atoms with Crippen LogP contribution in [0.3, 0.4) is 0 Å². The van der Waals surface area contributed by atoms with Gasteiger partial charge in [0, 0.05) is 10.2 Å². The molecule has 0 saturated carbocycles. The topological polar surface area (TPSA) is 55.2 Å². The number of nitrogens with zero attached hydrogens (tertiary/aromatic N) is 2. The number of hydrogen-bond acceptors (Lipinski definition) is 4. The van der Waals surface area contributed by atoms with Crippen LogP contribution in [0.2, 0.25) is 0 Å². The van der Waals surface area contributed by atoms with Crippen LogP contribution in [0.25, 0.3) is 0 Å². The summed E-state index contributed by atoms with van der Waals surface area (Å²) >= 11 is 3.39. The van der Waals surface area contributed by atoms with Gasteiger partial charge in [0.1, 0.15) is 5.75 Å². The first-order chi connectivity index (χ1) is 8.58. The van der Waals surface area contributed by atoms with Crippen molar-refractivity contribution in [2.24, 2.45) is 0 Å².